The largest absolute Gasteiger partial charge is 0.308 e. The van der Waals surface area contributed by atoms with Crippen molar-refractivity contribution in [3.05, 3.63) is 64.4 Å². The van der Waals surface area contributed by atoms with Gasteiger partial charge in [0.2, 0.25) is 5.28 Å². The van der Waals surface area contributed by atoms with E-state index in [1.165, 1.54) is 5.56 Å². The number of aromatic nitrogens is 2. The number of rotatable bonds is 3. The molecule has 0 aliphatic heterocycles. The molecule has 1 heterocycles. The molecule has 3 rings (SSSR count). The minimum atomic E-state index is 0.124. The van der Waals surface area contributed by atoms with Crippen molar-refractivity contribution in [1.82, 2.24) is 9.97 Å². The van der Waals surface area contributed by atoms with Crippen LogP contribution in [0.1, 0.15) is 5.56 Å². The van der Waals surface area contributed by atoms with E-state index in [4.69, 9.17) is 29.0 Å². The minimum Gasteiger partial charge on any atom is -0.308 e. The van der Waals surface area contributed by atoms with Crippen LogP contribution in [-0.4, -0.2) is 9.97 Å². The van der Waals surface area contributed by atoms with Gasteiger partial charge in [0.1, 0.15) is 0 Å². The lowest BCUT2D eigenvalue weighted by Crippen LogP contribution is -2.11. The fourth-order valence-corrected chi connectivity index (χ4v) is 2.64. The molecule has 0 saturated carbocycles. The van der Waals surface area contributed by atoms with Crippen LogP contribution in [0.5, 0.6) is 0 Å². The standard InChI is InChI=1S/C17H14Cl2N4/c1-10-2-4-11(5-3-10)14-15(12-6-8-13(18)9-7-12)21-17(19)22-16(14)23-20/h2-9H,20H2,1H3,(H,21,22,23). The molecule has 0 unspecified atom stereocenters. The van der Waals surface area contributed by atoms with Crippen molar-refractivity contribution in [1.29, 1.82) is 0 Å². The lowest BCUT2D eigenvalue weighted by Gasteiger charge is -2.14. The molecule has 4 nitrogen and oxygen atoms in total. The van der Waals surface area contributed by atoms with Crippen LogP contribution in [0.15, 0.2) is 48.5 Å². The molecule has 3 aromatic rings. The van der Waals surface area contributed by atoms with E-state index < -0.39 is 0 Å². The Bertz CT molecular complexity index is 830. The molecule has 0 spiro atoms. The van der Waals surface area contributed by atoms with Gasteiger partial charge in [-0.2, -0.15) is 4.98 Å². The summed E-state index contributed by atoms with van der Waals surface area (Å²) in [6, 6.07) is 15.4. The molecule has 0 aliphatic carbocycles. The Hall–Kier alpha value is -2.14. The summed E-state index contributed by atoms with van der Waals surface area (Å²) in [7, 11) is 0. The first-order chi connectivity index (χ1) is 11.1. The second kappa shape index (κ2) is 6.54. The summed E-state index contributed by atoms with van der Waals surface area (Å²) in [5.41, 5.74) is 7.09. The van der Waals surface area contributed by atoms with Crippen LogP contribution in [0, 0.1) is 6.92 Å². The molecule has 0 bridgehead atoms. The van der Waals surface area contributed by atoms with Gasteiger partial charge in [0.25, 0.3) is 0 Å². The highest BCUT2D eigenvalue weighted by Gasteiger charge is 2.16. The summed E-state index contributed by atoms with van der Waals surface area (Å²) >= 11 is 12.0. The van der Waals surface area contributed by atoms with E-state index in [1.54, 1.807) is 12.1 Å². The SMILES string of the molecule is Cc1ccc(-c2c(NN)nc(Cl)nc2-c2ccc(Cl)cc2)cc1. The maximum Gasteiger partial charge on any atom is 0.224 e. The maximum atomic E-state index is 6.05. The smallest absolute Gasteiger partial charge is 0.224 e. The Morgan fingerprint density at radius 3 is 2.09 bits per heavy atom. The summed E-state index contributed by atoms with van der Waals surface area (Å²) < 4.78 is 0. The van der Waals surface area contributed by atoms with Gasteiger partial charge >= 0.3 is 0 Å². The Labute approximate surface area is 144 Å². The highest BCUT2D eigenvalue weighted by atomic mass is 35.5. The van der Waals surface area contributed by atoms with E-state index in [0.29, 0.717) is 16.5 Å². The van der Waals surface area contributed by atoms with Gasteiger partial charge < -0.3 is 5.43 Å². The number of benzene rings is 2. The average Bonchev–Trinajstić information content (AvgIpc) is 2.56. The van der Waals surface area contributed by atoms with Crippen LogP contribution < -0.4 is 11.3 Å². The third kappa shape index (κ3) is 3.29. The number of hydrazine groups is 1. The van der Waals surface area contributed by atoms with Gasteiger partial charge in [-0.25, -0.2) is 10.8 Å². The average molecular weight is 345 g/mol. The molecule has 1 aromatic heterocycles. The number of aryl methyl sites for hydroxylation is 1. The van der Waals surface area contributed by atoms with Gasteiger partial charge in [-0.15, -0.1) is 0 Å². The Kier molecular flexibility index (Phi) is 4.48. The topological polar surface area (TPSA) is 63.8 Å². The van der Waals surface area contributed by atoms with E-state index in [-0.39, 0.29) is 5.28 Å². The zero-order valence-corrected chi connectivity index (χ0v) is 13.9. The summed E-state index contributed by atoms with van der Waals surface area (Å²) in [4.78, 5) is 8.58. The van der Waals surface area contributed by atoms with E-state index >= 15 is 0 Å². The lowest BCUT2D eigenvalue weighted by molar-refractivity contribution is 1.14. The van der Waals surface area contributed by atoms with Gasteiger partial charge in [-0.05, 0) is 36.2 Å². The Morgan fingerprint density at radius 2 is 1.48 bits per heavy atom. The summed E-state index contributed by atoms with van der Waals surface area (Å²) in [6.45, 7) is 2.03. The molecule has 0 fully saturated rings. The molecule has 0 radical (unpaired) electrons. The number of nitrogens with one attached hydrogen (secondary N) is 1. The number of nitrogen functional groups attached to an aromatic ring is 1. The van der Waals surface area contributed by atoms with Crippen molar-refractivity contribution < 1.29 is 0 Å². The van der Waals surface area contributed by atoms with E-state index in [0.717, 1.165) is 16.7 Å². The highest BCUT2D eigenvalue weighted by molar-refractivity contribution is 6.30. The zero-order valence-electron chi connectivity index (χ0n) is 12.3. The van der Waals surface area contributed by atoms with E-state index in [1.807, 2.05) is 43.3 Å². The van der Waals surface area contributed by atoms with Crippen molar-refractivity contribution >= 4 is 29.0 Å². The van der Waals surface area contributed by atoms with Crippen LogP contribution in [0.25, 0.3) is 22.4 Å². The summed E-state index contributed by atoms with van der Waals surface area (Å²) in [6.07, 6.45) is 0. The second-order valence-electron chi connectivity index (χ2n) is 5.08. The highest BCUT2D eigenvalue weighted by Crippen LogP contribution is 2.36. The van der Waals surface area contributed by atoms with Crippen LogP contribution in [-0.2, 0) is 0 Å². The molecule has 2 aromatic carbocycles. The second-order valence-corrected chi connectivity index (χ2v) is 5.86. The van der Waals surface area contributed by atoms with Gasteiger partial charge in [0.15, 0.2) is 5.82 Å². The van der Waals surface area contributed by atoms with Gasteiger partial charge in [0.05, 0.1) is 11.3 Å². The van der Waals surface area contributed by atoms with E-state index in [9.17, 15) is 0 Å². The number of hydrogen-bond donors (Lipinski definition) is 2. The van der Waals surface area contributed by atoms with Crippen molar-refractivity contribution in [2.75, 3.05) is 5.43 Å². The Morgan fingerprint density at radius 1 is 0.870 bits per heavy atom. The monoisotopic (exact) mass is 344 g/mol. The third-order valence-corrected chi connectivity index (χ3v) is 3.90. The number of halogens is 2. The summed E-state index contributed by atoms with van der Waals surface area (Å²) in [5, 5.41) is 0.779. The van der Waals surface area contributed by atoms with Gasteiger partial charge in [0, 0.05) is 10.6 Å². The number of hydrogen-bond acceptors (Lipinski definition) is 4. The predicted octanol–water partition coefficient (Wildman–Crippen LogP) is 4.71. The van der Waals surface area contributed by atoms with Crippen molar-refractivity contribution in [3.63, 3.8) is 0 Å². The first kappa shape index (κ1) is 15.7. The fraction of sp³-hybridized carbons (Fsp3) is 0.0588. The van der Waals surface area contributed by atoms with Crippen molar-refractivity contribution in [2.45, 2.75) is 6.92 Å². The number of anilines is 1. The molecule has 0 saturated heterocycles. The first-order valence-electron chi connectivity index (χ1n) is 6.95. The summed E-state index contributed by atoms with van der Waals surface area (Å²) in [5.74, 6) is 6.11. The first-order valence-corrected chi connectivity index (χ1v) is 7.71. The van der Waals surface area contributed by atoms with Gasteiger partial charge in [-0.1, -0.05) is 53.6 Å². The molecule has 6 heteroatoms. The lowest BCUT2D eigenvalue weighted by atomic mass is 9.99. The van der Waals surface area contributed by atoms with Crippen LogP contribution in [0.2, 0.25) is 10.3 Å². The third-order valence-electron chi connectivity index (χ3n) is 3.48. The number of nitrogens with two attached hydrogens (primary N) is 1. The molecule has 0 amide bonds. The predicted molar refractivity (Wildman–Crippen MR) is 95.5 cm³/mol. The van der Waals surface area contributed by atoms with Crippen LogP contribution >= 0.6 is 23.2 Å². The number of nitrogens with zero attached hydrogens (tertiary/aromatic N) is 2. The molecule has 0 aliphatic rings. The molecular formula is C17H14Cl2N4. The van der Waals surface area contributed by atoms with Crippen LogP contribution in [0.4, 0.5) is 5.82 Å². The van der Waals surface area contributed by atoms with Gasteiger partial charge in [-0.3, -0.25) is 0 Å². The van der Waals surface area contributed by atoms with Crippen molar-refractivity contribution in [2.24, 2.45) is 5.84 Å². The maximum absolute atomic E-state index is 6.05. The molecule has 23 heavy (non-hydrogen) atoms. The zero-order chi connectivity index (χ0) is 16.4. The molecule has 0 atom stereocenters. The molecular weight excluding hydrogens is 331 g/mol. The Balaban J connectivity index is 2.27. The van der Waals surface area contributed by atoms with Crippen molar-refractivity contribution in [3.8, 4) is 22.4 Å². The quantitative estimate of drug-likeness (QED) is 0.410. The van der Waals surface area contributed by atoms with Crippen LogP contribution in [0.3, 0.4) is 0 Å². The molecule has 3 N–H and O–H groups in total. The fourth-order valence-electron chi connectivity index (χ4n) is 2.35. The normalized spacial score (nSPS) is 10.6. The van der Waals surface area contributed by atoms with E-state index in [2.05, 4.69) is 15.4 Å². The molecule has 116 valence electrons. The minimum absolute atomic E-state index is 0.124.